The molecule has 0 aliphatic carbocycles. The van der Waals surface area contributed by atoms with Crippen molar-refractivity contribution in [1.82, 2.24) is 15.5 Å². The van der Waals surface area contributed by atoms with E-state index >= 15 is 0 Å². The Morgan fingerprint density at radius 1 is 1.16 bits per heavy atom. The van der Waals surface area contributed by atoms with Crippen LogP contribution in [0.25, 0.3) is 0 Å². The second kappa shape index (κ2) is 12.4. The maximum absolute atomic E-state index is 5.69. The smallest absolute Gasteiger partial charge is 0.191 e. The van der Waals surface area contributed by atoms with Crippen LogP contribution in [0.15, 0.2) is 35.3 Å². The van der Waals surface area contributed by atoms with Gasteiger partial charge < -0.3 is 15.4 Å². The van der Waals surface area contributed by atoms with Gasteiger partial charge in [0.1, 0.15) is 12.4 Å². The normalized spacial score (nSPS) is 16.4. The third-order valence-corrected chi connectivity index (χ3v) is 4.49. The van der Waals surface area contributed by atoms with Crippen LogP contribution in [0.1, 0.15) is 26.7 Å². The fourth-order valence-electron chi connectivity index (χ4n) is 3.14. The van der Waals surface area contributed by atoms with Crippen molar-refractivity contribution in [1.29, 1.82) is 0 Å². The van der Waals surface area contributed by atoms with E-state index in [1.54, 1.807) is 0 Å². The minimum absolute atomic E-state index is 0. The fraction of sp³-hybridized carbons (Fsp3) is 0.632. The Morgan fingerprint density at radius 2 is 1.84 bits per heavy atom. The molecular weight excluding hydrogens is 427 g/mol. The van der Waals surface area contributed by atoms with Crippen molar-refractivity contribution in [2.45, 2.75) is 32.7 Å². The van der Waals surface area contributed by atoms with Crippen LogP contribution in [0.2, 0.25) is 0 Å². The number of para-hydroxylation sites is 1. The van der Waals surface area contributed by atoms with E-state index in [1.807, 2.05) is 37.4 Å². The Labute approximate surface area is 169 Å². The van der Waals surface area contributed by atoms with Crippen LogP contribution in [0.3, 0.4) is 0 Å². The van der Waals surface area contributed by atoms with Gasteiger partial charge in [-0.05, 0) is 44.0 Å². The highest BCUT2D eigenvalue weighted by Gasteiger charge is 2.24. The zero-order valence-corrected chi connectivity index (χ0v) is 18.0. The number of guanidine groups is 1. The molecule has 1 fully saturated rings. The lowest BCUT2D eigenvalue weighted by atomic mass is 10.0. The van der Waals surface area contributed by atoms with E-state index in [4.69, 9.17) is 4.74 Å². The summed E-state index contributed by atoms with van der Waals surface area (Å²) in [6.07, 6.45) is 2.65. The van der Waals surface area contributed by atoms with Gasteiger partial charge in [0, 0.05) is 19.6 Å². The molecule has 5 nitrogen and oxygen atoms in total. The van der Waals surface area contributed by atoms with Crippen LogP contribution in [0.4, 0.5) is 0 Å². The molecule has 2 N–H and O–H groups in total. The van der Waals surface area contributed by atoms with Crippen LogP contribution in [0, 0.1) is 5.92 Å². The number of benzene rings is 1. The van der Waals surface area contributed by atoms with Crippen molar-refractivity contribution in [3.05, 3.63) is 30.3 Å². The lowest BCUT2D eigenvalue weighted by Gasteiger charge is -2.31. The summed E-state index contributed by atoms with van der Waals surface area (Å²) in [5.74, 6) is 2.38. The van der Waals surface area contributed by atoms with Gasteiger partial charge in [0.25, 0.3) is 0 Å². The molecule has 1 aromatic carbocycles. The van der Waals surface area contributed by atoms with Crippen molar-refractivity contribution in [3.63, 3.8) is 0 Å². The van der Waals surface area contributed by atoms with E-state index < -0.39 is 0 Å². The summed E-state index contributed by atoms with van der Waals surface area (Å²) in [5.41, 5.74) is 0. The Bertz CT molecular complexity index is 489. The molecule has 1 aromatic rings. The summed E-state index contributed by atoms with van der Waals surface area (Å²) in [5, 5.41) is 6.79. The molecule has 6 heteroatoms. The number of nitrogens with zero attached hydrogens (tertiary/aromatic N) is 2. The van der Waals surface area contributed by atoms with Crippen LogP contribution < -0.4 is 15.4 Å². The molecule has 1 aliphatic heterocycles. The zero-order chi connectivity index (χ0) is 17.2. The number of halogens is 1. The molecule has 25 heavy (non-hydrogen) atoms. The number of aliphatic imine (C=N–C) groups is 1. The maximum atomic E-state index is 5.69. The number of rotatable bonds is 8. The van der Waals surface area contributed by atoms with Gasteiger partial charge in [-0.15, -0.1) is 24.0 Å². The summed E-state index contributed by atoms with van der Waals surface area (Å²) in [6, 6.07) is 10.4. The summed E-state index contributed by atoms with van der Waals surface area (Å²) in [7, 11) is 1.81. The van der Waals surface area contributed by atoms with Crippen molar-refractivity contribution < 1.29 is 4.74 Å². The SMILES string of the molecule is CN=C(NCCOc1ccccc1)NCC(C(C)C)N1CCCC1.I. The van der Waals surface area contributed by atoms with Crippen LogP contribution >= 0.6 is 24.0 Å². The molecule has 1 atom stereocenters. The molecule has 1 saturated heterocycles. The minimum atomic E-state index is 0. The van der Waals surface area contributed by atoms with E-state index in [0.29, 0.717) is 18.6 Å². The van der Waals surface area contributed by atoms with E-state index in [9.17, 15) is 0 Å². The van der Waals surface area contributed by atoms with E-state index in [2.05, 4.69) is 34.4 Å². The highest BCUT2D eigenvalue weighted by Crippen LogP contribution is 2.17. The summed E-state index contributed by atoms with van der Waals surface area (Å²) in [4.78, 5) is 6.91. The third-order valence-electron chi connectivity index (χ3n) is 4.49. The molecule has 142 valence electrons. The molecular formula is C19H33IN4O. The van der Waals surface area contributed by atoms with E-state index in [0.717, 1.165) is 24.8 Å². The van der Waals surface area contributed by atoms with Gasteiger partial charge >= 0.3 is 0 Å². The molecule has 1 aliphatic rings. The van der Waals surface area contributed by atoms with Crippen LogP contribution in [-0.4, -0.2) is 56.7 Å². The van der Waals surface area contributed by atoms with Crippen molar-refractivity contribution in [2.24, 2.45) is 10.9 Å². The first-order chi connectivity index (χ1) is 11.7. The average molecular weight is 460 g/mol. The fourth-order valence-corrected chi connectivity index (χ4v) is 3.14. The number of ether oxygens (including phenoxy) is 1. The third kappa shape index (κ3) is 7.81. The highest BCUT2D eigenvalue weighted by atomic mass is 127. The number of hydrogen-bond acceptors (Lipinski definition) is 3. The predicted octanol–water partition coefficient (Wildman–Crippen LogP) is 2.97. The molecule has 2 rings (SSSR count). The highest BCUT2D eigenvalue weighted by molar-refractivity contribution is 14.0. The van der Waals surface area contributed by atoms with Gasteiger partial charge in [-0.2, -0.15) is 0 Å². The van der Waals surface area contributed by atoms with Gasteiger partial charge in [-0.1, -0.05) is 32.0 Å². The van der Waals surface area contributed by atoms with Gasteiger partial charge in [0.15, 0.2) is 5.96 Å². The lowest BCUT2D eigenvalue weighted by Crippen LogP contribution is -2.49. The number of nitrogens with one attached hydrogen (secondary N) is 2. The summed E-state index contributed by atoms with van der Waals surface area (Å²) >= 11 is 0. The monoisotopic (exact) mass is 460 g/mol. The molecule has 0 bridgehead atoms. The standard InChI is InChI=1S/C19H32N4O.HI/c1-16(2)18(23-12-7-8-13-23)15-22-19(20-3)21-11-14-24-17-9-5-4-6-10-17;/h4-6,9-10,16,18H,7-8,11-15H2,1-3H3,(H2,20,21,22);1H. The first kappa shape index (κ1) is 22.0. The lowest BCUT2D eigenvalue weighted by molar-refractivity contribution is 0.192. The Kier molecular flexibility index (Phi) is 10.9. The predicted molar refractivity (Wildman–Crippen MR) is 116 cm³/mol. The quantitative estimate of drug-likeness (QED) is 0.271. The van der Waals surface area contributed by atoms with E-state index in [-0.39, 0.29) is 24.0 Å². The maximum Gasteiger partial charge on any atom is 0.191 e. The van der Waals surface area contributed by atoms with Crippen LogP contribution in [-0.2, 0) is 0 Å². The molecule has 1 heterocycles. The van der Waals surface area contributed by atoms with E-state index in [1.165, 1.54) is 25.9 Å². The Morgan fingerprint density at radius 3 is 2.44 bits per heavy atom. The number of likely N-dealkylation sites (tertiary alicyclic amines) is 1. The first-order valence-electron chi connectivity index (χ1n) is 9.07. The van der Waals surface area contributed by atoms with Crippen molar-refractivity contribution in [2.75, 3.05) is 39.8 Å². The topological polar surface area (TPSA) is 48.9 Å². The van der Waals surface area contributed by atoms with Crippen molar-refractivity contribution in [3.8, 4) is 5.75 Å². The molecule has 0 spiro atoms. The number of hydrogen-bond donors (Lipinski definition) is 2. The molecule has 0 amide bonds. The Hall–Kier alpha value is -1.02. The second-order valence-electron chi connectivity index (χ2n) is 6.60. The molecule has 0 saturated carbocycles. The Balaban J connectivity index is 0.00000312. The molecule has 0 radical (unpaired) electrons. The van der Waals surface area contributed by atoms with Crippen LogP contribution in [0.5, 0.6) is 5.75 Å². The van der Waals surface area contributed by atoms with Gasteiger partial charge in [-0.3, -0.25) is 9.89 Å². The largest absolute Gasteiger partial charge is 0.492 e. The van der Waals surface area contributed by atoms with Gasteiger partial charge in [0.2, 0.25) is 0 Å². The molecule has 1 unspecified atom stereocenters. The van der Waals surface area contributed by atoms with Gasteiger partial charge in [-0.25, -0.2) is 0 Å². The van der Waals surface area contributed by atoms with Gasteiger partial charge in [0.05, 0.1) is 6.54 Å². The second-order valence-corrected chi connectivity index (χ2v) is 6.60. The summed E-state index contributed by atoms with van der Waals surface area (Å²) in [6.45, 7) is 9.32. The minimum Gasteiger partial charge on any atom is -0.492 e. The zero-order valence-electron chi connectivity index (χ0n) is 15.7. The summed E-state index contributed by atoms with van der Waals surface area (Å²) < 4.78 is 5.69. The average Bonchev–Trinajstić information content (AvgIpc) is 3.12. The first-order valence-corrected chi connectivity index (χ1v) is 9.07. The van der Waals surface area contributed by atoms with Crippen molar-refractivity contribution >= 4 is 29.9 Å². The molecule has 0 aromatic heterocycles.